The van der Waals surface area contributed by atoms with E-state index in [-0.39, 0.29) is 54.1 Å². The van der Waals surface area contributed by atoms with Crippen molar-refractivity contribution < 1.29 is 26.3 Å². The van der Waals surface area contributed by atoms with Crippen molar-refractivity contribution in [1.82, 2.24) is 9.97 Å². The highest BCUT2D eigenvalue weighted by atomic mass is 32.2. The molecule has 15 heteroatoms. The first-order valence-electron chi connectivity index (χ1n) is 13.3. The van der Waals surface area contributed by atoms with Crippen LogP contribution >= 0.6 is 34.9 Å². The van der Waals surface area contributed by atoms with Gasteiger partial charge in [0.2, 0.25) is 0 Å². The van der Waals surface area contributed by atoms with Crippen LogP contribution in [-0.2, 0) is 12.4 Å². The number of rotatable bonds is 6. The third-order valence-corrected chi connectivity index (χ3v) is 9.50. The fourth-order valence-corrected chi connectivity index (χ4v) is 6.70. The van der Waals surface area contributed by atoms with Crippen molar-refractivity contribution in [3.63, 3.8) is 0 Å². The molecule has 0 unspecified atom stereocenters. The van der Waals surface area contributed by atoms with E-state index in [4.69, 9.17) is 21.6 Å². The standard InChI is InChI=1S/C32H20F6N6S3/c33-31(34,35)19-9-3-1-7-17(19)21-11-5-13-23(43-21)27(39)46-29(41)25-15-16-26(45-25)30(42)47-28(40)24-14-6-12-22(44-24)18-8-2-4-10-20(18)32(36,37)38/h1-16,39-42H. The summed E-state index contributed by atoms with van der Waals surface area (Å²) in [7, 11) is 0. The molecule has 4 N–H and O–H groups in total. The molecule has 238 valence electrons. The van der Waals surface area contributed by atoms with Crippen molar-refractivity contribution in [3.8, 4) is 22.5 Å². The first-order valence-corrected chi connectivity index (χ1v) is 15.8. The number of halogens is 6. The molecule has 6 nitrogen and oxygen atoms in total. The molecule has 5 rings (SSSR count). The Hall–Kier alpha value is -4.60. The molecule has 0 spiro atoms. The van der Waals surface area contributed by atoms with Gasteiger partial charge in [-0.1, -0.05) is 48.5 Å². The van der Waals surface area contributed by atoms with E-state index in [1.165, 1.54) is 72.8 Å². The molecule has 0 saturated heterocycles. The van der Waals surface area contributed by atoms with Gasteiger partial charge >= 0.3 is 12.4 Å². The van der Waals surface area contributed by atoms with Crippen LogP contribution in [0.15, 0.2) is 97.1 Å². The number of hydrogen-bond acceptors (Lipinski definition) is 9. The zero-order valence-corrected chi connectivity index (χ0v) is 26.1. The molecule has 0 aliphatic carbocycles. The Morgan fingerprint density at radius 2 is 0.872 bits per heavy atom. The minimum absolute atomic E-state index is 0.0308. The lowest BCUT2D eigenvalue weighted by Crippen LogP contribution is -2.08. The van der Waals surface area contributed by atoms with Crippen LogP contribution in [0.5, 0.6) is 0 Å². The molecular formula is C32H20F6N6S3. The number of thiophene rings is 1. The van der Waals surface area contributed by atoms with Crippen LogP contribution in [-0.4, -0.2) is 30.1 Å². The van der Waals surface area contributed by atoms with Crippen molar-refractivity contribution in [2.45, 2.75) is 12.4 Å². The highest BCUT2D eigenvalue weighted by molar-refractivity contribution is 8.27. The maximum Gasteiger partial charge on any atom is 0.417 e. The van der Waals surface area contributed by atoms with Crippen molar-refractivity contribution in [2.75, 3.05) is 0 Å². The fourth-order valence-electron chi connectivity index (χ4n) is 4.32. The molecule has 2 aromatic carbocycles. The monoisotopic (exact) mass is 698 g/mol. The Bertz CT molecular complexity index is 1880. The van der Waals surface area contributed by atoms with Crippen LogP contribution in [0.2, 0.25) is 0 Å². The van der Waals surface area contributed by atoms with Crippen molar-refractivity contribution in [1.29, 1.82) is 21.6 Å². The van der Waals surface area contributed by atoms with E-state index in [0.29, 0.717) is 9.75 Å². The summed E-state index contributed by atoms with van der Waals surface area (Å²) in [5.74, 6) is 0. The van der Waals surface area contributed by atoms with E-state index in [0.717, 1.165) is 47.0 Å². The Morgan fingerprint density at radius 1 is 0.489 bits per heavy atom. The summed E-state index contributed by atoms with van der Waals surface area (Å²) < 4.78 is 81.2. The Labute approximate surface area is 276 Å². The molecular weight excluding hydrogens is 679 g/mol. The molecule has 0 aliphatic rings. The smallest absolute Gasteiger partial charge is 0.292 e. The lowest BCUT2D eigenvalue weighted by molar-refractivity contribution is -0.137. The molecule has 3 heterocycles. The van der Waals surface area contributed by atoms with E-state index < -0.39 is 23.5 Å². The normalized spacial score (nSPS) is 11.7. The summed E-state index contributed by atoms with van der Waals surface area (Å²) in [4.78, 5) is 9.27. The SMILES string of the molecule is N=C(SC(=N)c1ccc(C(=N)SC(=N)c2cccc(-c3ccccc3C(F)(F)F)n2)s1)c1cccc(-c2ccccc2C(F)(F)F)n1. The van der Waals surface area contributed by atoms with Crippen LogP contribution in [0.4, 0.5) is 26.3 Å². The predicted octanol–water partition coefficient (Wildman–Crippen LogP) is 10.1. The summed E-state index contributed by atoms with van der Waals surface area (Å²) >= 11 is 2.54. The molecule has 0 bridgehead atoms. The van der Waals surface area contributed by atoms with Gasteiger partial charge in [0.15, 0.2) is 0 Å². The highest BCUT2D eigenvalue weighted by Gasteiger charge is 2.34. The van der Waals surface area contributed by atoms with Gasteiger partial charge in [-0.15, -0.1) is 11.3 Å². The van der Waals surface area contributed by atoms with E-state index in [1.54, 1.807) is 12.1 Å². The molecule has 0 amide bonds. The quantitative estimate of drug-likeness (QED) is 0.0801. The van der Waals surface area contributed by atoms with Crippen molar-refractivity contribution in [3.05, 3.63) is 129 Å². The van der Waals surface area contributed by atoms with Crippen LogP contribution in [0, 0.1) is 21.6 Å². The second-order valence-electron chi connectivity index (χ2n) is 9.59. The van der Waals surface area contributed by atoms with Crippen LogP contribution in [0.1, 0.15) is 32.3 Å². The largest absolute Gasteiger partial charge is 0.417 e. The molecule has 0 aliphatic heterocycles. The molecule has 0 fully saturated rings. The summed E-state index contributed by atoms with van der Waals surface area (Å²) in [6, 6.07) is 21.9. The van der Waals surface area contributed by atoms with Crippen LogP contribution in [0.3, 0.4) is 0 Å². The lowest BCUT2D eigenvalue weighted by Gasteiger charge is -2.13. The van der Waals surface area contributed by atoms with Gasteiger partial charge in [0, 0.05) is 11.1 Å². The van der Waals surface area contributed by atoms with Gasteiger partial charge in [0.1, 0.15) is 20.2 Å². The first-order chi connectivity index (χ1) is 22.2. The number of hydrogen-bond donors (Lipinski definition) is 4. The summed E-state index contributed by atoms with van der Waals surface area (Å²) in [5, 5.41) is 33.4. The third-order valence-electron chi connectivity index (χ3n) is 6.44. The molecule has 47 heavy (non-hydrogen) atoms. The minimum Gasteiger partial charge on any atom is -0.292 e. The Morgan fingerprint density at radius 3 is 1.26 bits per heavy atom. The predicted molar refractivity (Wildman–Crippen MR) is 176 cm³/mol. The molecule has 0 saturated carbocycles. The number of thioether (sulfide) groups is 2. The van der Waals surface area contributed by atoms with Gasteiger partial charge in [-0.3, -0.25) is 21.6 Å². The second-order valence-corrected chi connectivity index (χ2v) is 12.7. The van der Waals surface area contributed by atoms with Gasteiger partial charge in [-0.2, -0.15) is 26.3 Å². The Kier molecular flexibility index (Phi) is 9.79. The number of aromatic nitrogens is 2. The van der Waals surface area contributed by atoms with Gasteiger partial charge in [0.05, 0.1) is 43.7 Å². The zero-order valence-electron chi connectivity index (χ0n) is 23.6. The number of alkyl halides is 6. The van der Waals surface area contributed by atoms with Gasteiger partial charge in [-0.05, 0) is 72.1 Å². The zero-order chi connectivity index (χ0) is 33.9. The van der Waals surface area contributed by atoms with Gasteiger partial charge in [0.25, 0.3) is 0 Å². The maximum absolute atomic E-state index is 13.5. The van der Waals surface area contributed by atoms with E-state index >= 15 is 0 Å². The molecule has 3 aromatic heterocycles. The topological polar surface area (TPSA) is 121 Å². The summed E-state index contributed by atoms with van der Waals surface area (Å²) in [6.07, 6.45) is -9.19. The minimum atomic E-state index is -4.59. The van der Waals surface area contributed by atoms with Gasteiger partial charge < -0.3 is 0 Å². The van der Waals surface area contributed by atoms with E-state index in [1.807, 2.05) is 0 Å². The summed E-state index contributed by atoms with van der Waals surface area (Å²) in [5.41, 5.74) is -1.76. The van der Waals surface area contributed by atoms with Gasteiger partial charge in [-0.25, -0.2) is 9.97 Å². The number of benzene rings is 2. The molecule has 0 atom stereocenters. The Balaban J connectivity index is 1.26. The summed E-state index contributed by atoms with van der Waals surface area (Å²) in [6.45, 7) is 0. The highest BCUT2D eigenvalue weighted by Crippen LogP contribution is 2.38. The number of nitrogens with zero attached hydrogens (tertiary/aromatic N) is 2. The molecule has 5 aromatic rings. The maximum atomic E-state index is 13.5. The first kappa shape index (κ1) is 33.8. The average molecular weight is 699 g/mol. The molecule has 0 radical (unpaired) electrons. The van der Waals surface area contributed by atoms with Crippen molar-refractivity contribution >= 4 is 55.0 Å². The average Bonchev–Trinajstić information content (AvgIpc) is 3.55. The third kappa shape index (κ3) is 7.86. The number of pyridine rings is 2. The number of nitrogens with one attached hydrogen (secondary N) is 4. The van der Waals surface area contributed by atoms with E-state index in [2.05, 4.69) is 9.97 Å². The fraction of sp³-hybridized carbons (Fsp3) is 0.0625. The van der Waals surface area contributed by atoms with Crippen molar-refractivity contribution in [2.24, 2.45) is 0 Å². The lowest BCUT2D eigenvalue weighted by atomic mass is 10.0. The van der Waals surface area contributed by atoms with Crippen LogP contribution < -0.4 is 0 Å². The van der Waals surface area contributed by atoms with E-state index in [9.17, 15) is 26.3 Å². The second kappa shape index (κ2) is 13.6. The van der Waals surface area contributed by atoms with Crippen LogP contribution in [0.25, 0.3) is 22.5 Å².